The summed E-state index contributed by atoms with van der Waals surface area (Å²) in [7, 11) is 0. The molecule has 0 aliphatic carbocycles. The Labute approximate surface area is 433 Å². The summed E-state index contributed by atoms with van der Waals surface area (Å²) in [5.74, 6) is -0.932. The second-order valence-corrected chi connectivity index (χ2v) is 19.5. The van der Waals surface area contributed by atoms with Crippen LogP contribution in [0.3, 0.4) is 0 Å². The smallest absolute Gasteiger partial charge is 0.306 e. The van der Waals surface area contributed by atoms with Crippen molar-refractivity contribution in [3.8, 4) is 0 Å². The van der Waals surface area contributed by atoms with Crippen molar-refractivity contribution in [2.45, 2.75) is 290 Å². The minimum absolute atomic E-state index is 0.0918. The van der Waals surface area contributed by atoms with Gasteiger partial charge in [-0.2, -0.15) is 0 Å². The molecule has 0 rings (SSSR count). The normalized spacial score (nSPS) is 12.7. The Kier molecular flexibility index (Phi) is 55.3. The minimum atomic E-state index is -0.797. The lowest BCUT2D eigenvalue weighted by Crippen LogP contribution is -2.30. The summed E-state index contributed by atoms with van der Waals surface area (Å²) in [5, 5.41) is 0. The number of carbonyl (C=O) groups excluding carboxylic acids is 3. The number of ether oxygens (including phenoxy) is 3. The molecular weight excluding hydrogens is 865 g/mol. The predicted molar refractivity (Wildman–Crippen MR) is 302 cm³/mol. The highest BCUT2D eigenvalue weighted by atomic mass is 16.6. The van der Waals surface area contributed by atoms with Gasteiger partial charge in [0.15, 0.2) is 6.10 Å². The largest absolute Gasteiger partial charge is 0.462 e. The highest BCUT2D eigenvalue weighted by Crippen LogP contribution is 2.15. The third-order valence-corrected chi connectivity index (χ3v) is 12.6. The van der Waals surface area contributed by atoms with Crippen LogP contribution in [0.5, 0.6) is 0 Å². The Morgan fingerprint density at radius 1 is 0.300 bits per heavy atom. The molecule has 1 atom stereocenters. The fourth-order valence-corrected chi connectivity index (χ4v) is 8.21. The molecule has 0 aromatic carbocycles. The van der Waals surface area contributed by atoms with E-state index >= 15 is 0 Å². The summed E-state index contributed by atoms with van der Waals surface area (Å²) >= 11 is 0. The average molecular weight is 976 g/mol. The van der Waals surface area contributed by atoms with Crippen LogP contribution in [0.15, 0.2) is 85.1 Å². The van der Waals surface area contributed by atoms with E-state index in [0.717, 1.165) is 89.9 Å². The molecule has 6 nitrogen and oxygen atoms in total. The molecule has 0 saturated carbocycles. The van der Waals surface area contributed by atoms with Gasteiger partial charge < -0.3 is 14.2 Å². The van der Waals surface area contributed by atoms with Gasteiger partial charge in [0.05, 0.1) is 0 Å². The van der Waals surface area contributed by atoms with Crippen LogP contribution >= 0.6 is 0 Å². The van der Waals surface area contributed by atoms with Crippen LogP contribution in [0.1, 0.15) is 284 Å². The first-order valence-corrected chi connectivity index (χ1v) is 29.6. The van der Waals surface area contributed by atoms with Crippen LogP contribution in [0.25, 0.3) is 0 Å². The van der Waals surface area contributed by atoms with Gasteiger partial charge in [0.1, 0.15) is 13.2 Å². The van der Waals surface area contributed by atoms with Crippen LogP contribution in [-0.4, -0.2) is 37.2 Å². The van der Waals surface area contributed by atoms with Crippen LogP contribution in [0.4, 0.5) is 0 Å². The molecule has 70 heavy (non-hydrogen) atoms. The van der Waals surface area contributed by atoms with Gasteiger partial charge in [-0.05, 0) is 96.3 Å². The molecule has 402 valence electrons. The lowest BCUT2D eigenvalue weighted by atomic mass is 10.0. The number of unbranched alkanes of at least 4 members (excludes halogenated alkanes) is 28. The number of rotatable bonds is 53. The van der Waals surface area contributed by atoms with Crippen molar-refractivity contribution >= 4 is 17.9 Å². The maximum atomic E-state index is 12.8. The van der Waals surface area contributed by atoms with Crippen LogP contribution in [0, 0.1) is 0 Å². The van der Waals surface area contributed by atoms with Gasteiger partial charge >= 0.3 is 17.9 Å². The number of hydrogen-bond donors (Lipinski definition) is 0. The summed E-state index contributed by atoms with van der Waals surface area (Å²) < 4.78 is 16.8. The van der Waals surface area contributed by atoms with Crippen molar-refractivity contribution in [2.75, 3.05) is 13.2 Å². The molecule has 0 aromatic rings. The second-order valence-electron chi connectivity index (χ2n) is 19.5. The Balaban J connectivity index is 4.25. The van der Waals surface area contributed by atoms with Crippen molar-refractivity contribution in [2.24, 2.45) is 0 Å². The monoisotopic (exact) mass is 975 g/mol. The zero-order valence-electron chi connectivity index (χ0n) is 46.0. The molecule has 0 aliphatic heterocycles. The highest BCUT2D eigenvalue weighted by Gasteiger charge is 2.19. The lowest BCUT2D eigenvalue weighted by Gasteiger charge is -2.18. The van der Waals surface area contributed by atoms with Crippen molar-refractivity contribution < 1.29 is 28.6 Å². The van der Waals surface area contributed by atoms with Crippen molar-refractivity contribution in [3.05, 3.63) is 85.1 Å². The topological polar surface area (TPSA) is 78.9 Å². The van der Waals surface area contributed by atoms with Gasteiger partial charge in [-0.25, -0.2) is 0 Å². The van der Waals surface area contributed by atoms with Gasteiger partial charge in [0.2, 0.25) is 0 Å². The highest BCUT2D eigenvalue weighted by molar-refractivity contribution is 5.71. The van der Waals surface area contributed by atoms with E-state index in [9.17, 15) is 14.4 Å². The summed E-state index contributed by atoms with van der Waals surface area (Å²) in [6.45, 7) is 6.48. The SMILES string of the molecule is CC/C=C\C/C=C\C/C=C\C/C=C\CCCCC(=O)OC(COC(=O)CCCCCCCCCCCC)COC(=O)CCCCCCCCCCCCCC/C=C\C/C=C\C/C=C\CCCCCCC. The minimum Gasteiger partial charge on any atom is -0.462 e. The molecule has 0 aliphatic rings. The Morgan fingerprint density at radius 2 is 0.557 bits per heavy atom. The van der Waals surface area contributed by atoms with Crippen molar-refractivity contribution in [1.82, 2.24) is 0 Å². The molecule has 0 amide bonds. The molecule has 0 saturated heterocycles. The maximum absolute atomic E-state index is 12.8. The Hall–Kier alpha value is -3.41. The molecule has 6 heteroatoms. The van der Waals surface area contributed by atoms with Gasteiger partial charge in [0, 0.05) is 19.3 Å². The number of esters is 3. The van der Waals surface area contributed by atoms with E-state index in [1.165, 1.54) is 148 Å². The first kappa shape index (κ1) is 66.6. The van der Waals surface area contributed by atoms with Gasteiger partial charge in [0.25, 0.3) is 0 Å². The van der Waals surface area contributed by atoms with Crippen LogP contribution < -0.4 is 0 Å². The number of hydrogen-bond acceptors (Lipinski definition) is 6. The van der Waals surface area contributed by atoms with Gasteiger partial charge in [-0.1, -0.05) is 254 Å². The van der Waals surface area contributed by atoms with E-state index < -0.39 is 6.10 Å². The molecule has 0 heterocycles. The third kappa shape index (κ3) is 55.5. The predicted octanol–water partition coefficient (Wildman–Crippen LogP) is 19.9. The lowest BCUT2D eigenvalue weighted by molar-refractivity contribution is -0.167. The van der Waals surface area contributed by atoms with Crippen LogP contribution in [-0.2, 0) is 28.6 Å². The standard InChI is InChI=1S/C64H110O6/c1-4-7-10-13-16-19-22-24-26-27-28-29-30-31-32-33-34-35-36-37-39-40-42-45-48-51-54-57-63(66)69-60-61(59-68-62(65)56-53-50-47-44-21-18-15-12-9-6-3)70-64(67)58-55-52-49-46-43-41-38-25-23-20-17-14-11-8-5-2/h8,11,17,20,22,24-25,27-28,30-31,38,43,46,61H,4-7,9-10,12-16,18-19,21,23,26,29,32-37,39-42,44-45,47-60H2,1-3H3/b11-8-,20-17-,24-22-,28-27-,31-30-,38-25-,46-43-. The zero-order valence-corrected chi connectivity index (χ0v) is 46.0. The van der Waals surface area contributed by atoms with Gasteiger partial charge in [-0.3, -0.25) is 14.4 Å². The number of carbonyl (C=O) groups is 3. The molecule has 0 fully saturated rings. The summed E-state index contributed by atoms with van der Waals surface area (Å²) in [6, 6.07) is 0. The molecular formula is C64H110O6. The quantitative estimate of drug-likeness (QED) is 0.0261. The summed E-state index contributed by atoms with van der Waals surface area (Å²) in [5.41, 5.74) is 0. The summed E-state index contributed by atoms with van der Waals surface area (Å²) in [6.07, 6.45) is 75.9. The molecule has 0 N–H and O–H groups in total. The number of allylic oxidation sites excluding steroid dienone is 14. The Bertz CT molecular complexity index is 1350. The average Bonchev–Trinajstić information content (AvgIpc) is 3.36. The zero-order chi connectivity index (χ0) is 50.7. The Morgan fingerprint density at radius 3 is 0.900 bits per heavy atom. The van der Waals surface area contributed by atoms with E-state index in [0.29, 0.717) is 19.3 Å². The summed E-state index contributed by atoms with van der Waals surface area (Å²) in [4.78, 5) is 38.1. The molecule has 0 aromatic heterocycles. The van der Waals surface area contributed by atoms with Crippen molar-refractivity contribution in [3.63, 3.8) is 0 Å². The fraction of sp³-hybridized carbons (Fsp3) is 0.734. The molecule has 0 bridgehead atoms. The van der Waals surface area contributed by atoms with Gasteiger partial charge in [-0.15, -0.1) is 0 Å². The first-order valence-electron chi connectivity index (χ1n) is 29.6. The van der Waals surface area contributed by atoms with Crippen LogP contribution in [0.2, 0.25) is 0 Å². The van der Waals surface area contributed by atoms with E-state index in [4.69, 9.17) is 14.2 Å². The second kappa shape index (κ2) is 58.2. The maximum Gasteiger partial charge on any atom is 0.306 e. The van der Waals surface area contributed by atoms with E-state index in [1.54, 1.807) is 0 Å². The van der Waals surface area contributed by atoms with Crippen molar-refractivity contribution in [1.29, 1.82) is 0 Å². The van der Waals surface area contributed by atoms with E-state index in [-0.39, 0.29) is 37.5 Å². The van der Waals surface area contributed by atoms with E-state index in [2.05, 4.69) is 106 Å². The fourth-order valence-electron chi connectivity index (χ4n) is 8.21. The third-order valence-electron chi connectivity index (χ3n) is 12.6. The molecule has 0 spiro atoms. The molecule has 0 radical (unpaired) electrons. The first-order chi connectivity index (χ1) is 34.5. The van der Waals surface area contributed by atoms with E-state index in [1.807, 2.05) is 0 Å². The molecule has 1 unspecified atom stereocenters.